The number of likely N-dealkylation sites (tertiary alicyclic amines) is 1. The van der Waals surface area contributed by atoms with Crippen molar-refractivity contribution in [3.05, 3.63) is 40.9 Å². The van der Waals surface area contributed by atoms with E-state index in [9.17, 15) is 18.7 Å². The van der Waals surface area contributed by atoms with Gasteiger partial charge in [-0.3, -0.25) is 9.69 Å². The average molecular weight is 606 g/mol. The van der Waals surface area contributed by atoms with Gasteiger partial charge in [-0.25, -0.2) is 13.2 Å². The number of carbonyl (C=O) groups is 1. The van der Waals surface area contributed by atoms with Gasteiger partial charge in [-0.2, -0.15) is 9.97 Å². The summed E-state index contributed by atoms with van der Waals surface area (Å²) in [6.07, 6.45) is 1.06. The number of fused-ring (bicyclic) bond motifs is 1. The fourth-order valence-corrected chi connectivity index (χ4v) is 6.24. The van der Waals surface area contributed by atoms with Gasteiger partial charge >= 0.3 is 6.01 Å². The first-order valence-electron chi connectivity index (χ1n) is 14.1. The highest BCUT2D eigenvalue weighted by Gasteiger charge is 2.35. The lowest BCUT2D eigenvalue weighted by Gasteiger charge is -2.44. The molecule has 2 aliphatic heterocycles. The summed E-state index contributed by atoms with van der Waals surface area (Å²) in [5, 5.41) is 10.6. The van der Waals surface area contributed by atoms with Gasteiger partial charge in [0, 0.05) is 62.7 Å². The predicted octanol–water partition coefficient (Wildman–Crippen LogP) is 5.58. The molecule has 0 spiro atoms. The summed E-state index contributed by atoms with van der Waals surface area (Å²) in [4.78, 5) is 27.0. The lowest BCUT2D eigenvalue weighted by molar-refractivity contribution is -0.131. The van der Waals surface area contributed by atoms with Crippen molar-refractivity contribution in [2.45, 2.75) is 58.3 Å². The Hall–Kier alpha value is -3.31. The Kier molecular flexibility index (Phi) is 8.44. The lowest BCUT2D eigenvalue weighted by atomic mass is 10.0. The number of aromatic hydroxyl groups is 1. The average Bonchev–Trinajstić information content (AvgIpc) is 3.27. The summed E-state index contributed by atoms with van der Waals surface area (Å²) in [6.45, 7) is 9.71. The van der Waals surface area contributed by atoms with Crippen LogP contribution in [0.3, 0.4) is 0 Å². The summed E-state index contributed by atoms with van der Waals surface area (Å²) >= 11 is 6.54. The number of carbonyl (C=O) groups excluding carboxylic acids is 1. The Bertz CT molecular complexity index is 1490. The number of hydrogen-bond donors (Lipinski definition) is 1. The van der Waals surface area contributed by atoms with Gasteiger partial charge in [0.15, 0.2) is 5.82 Å². The molecule has 8 nitrogen and oxygen atoms in total. The van der Waals surface area contributed by atoms with Crippen LogP contribution < -0.4 is 9.64 Å². The molecule has 2 saturated heterocycles. The van der Waals surface area contributed by atoms with E-state index < -0.39 is 23.1 Å². The number of nitrogens with zero attached hydrogens (tertiary/aromatic N) is 5. The van der Waals surface area contributed by atoms with Gasteiger partial charge in [-0.1, -0.05) is 17.7 Å². The largest absolute Gasteiger partial charge is 0.507 e. The van der Waals surface area contributed by atoms with Crippen molar-refractivity contribution < 1.29 is 27.8 Å². The maximum atomic E-state index is 16.3. The third-order valence-corrected chi connectivity index (χ3v) is 8.40. The number of phenols is 1. The third-order valence-electron chi connectivity index (χ3n) is 8.10. The fourth-order valence-electron chi connectivity index (χ4n) is 5.95. The summed E-state index contributed by atoms with van der Waals surface area (Å²) in [7, 11) is 0. The number of anilines is 1. The molecule has 226 valence electrons. The van der Waals surface area contributed by atoms with Crippen molar-refractivity contribution in [2.24, 2.45) is 0 Å². The number of ether oxygens (including phenoxy) is 1. The van der Waals surface area contributed by atoms with Crippen molar-refractivity contribution >= 4 is 34.2 Å². The van der Waals surface area contributed by atoms with E-state index in [2.05, 4.69) is 9.97 Å². The highest BCUT2D eigenvalue weighted by Crippen LogP contribution is 2.43. The Morgan fingerprint density at radius 2 is 1.95 bits per heavy atom. The molecule has 1 N–H and O–H groups in total. The molecule has 2 aromatic carbocycles. The maximum Gasteiger partial charge on any atom is 0.319 e. The first-order chi connectivity index (χ1) is 19.9. The molecule has 1 amide bonds. The fraction of sp³-hybridized carbons (Fsp3) is 0.500. The quantitative estimate of drug-likeness (QED) is 0.352. The Labute approximate surface area is 248 Å². The van der Waals surface area contributed by atoms with E-state index in [1.54, 1.807) is 11.8 Å². The molecule has 1 aromatic heterocycles. The molecular formula is C30H35ClF3N5O3. The molecule has 12 heteroatoms. The van der Waals surface area contributed by atoms with E-state index in [0.717, 1.165) is 6.07 Å². The maximum absolute atomic E-state index is 16.3. The van der Waals surface area contributed by atoms with Crippen molar-refractivity contribution in [3.8, 4) is 22.9 Å². The zero-order valence-electron chi connectivity index (χ0n) is 24.1. The van der Waals surface area contributed by atoms with E-state index in [1.807, 2.05) is 23.6 Å². The second kappa shape index (κ2) is 11.8. The molecule has 3 atom stereocenters. The zero-order valence-corrected chi connectivity index (χ0v) is 24.9. The molecule has 1 unspecified atom stereocenters. The van der Waals surface area contributed by atoms with Crippen molar-refractivity contribution in [1.82, 2.24) is 19.8 Å². The second-order valence-electron chi connectivity index (χ2n) is 11.6. The van der Waals surface area contributed by atoms with Crippen LogP contribution in [0, 0.1) is 11.6 Å². The topological polar surface area (TPSA) is 82.0 Å². The number of hydrogen-bond acceptors (Lipinski definition) is 7. The van der Waals surface area contributed by atoms with Crippen LogP contribution >= 0.6 is 11.6 Å². The number of phenolic OH excluding ortho intramolecular Hbond substituents is 1. The minimum Gasteiger partial charge on any atom is -0.507 e. The molecule has 3 aromatic rings. The smallest absolute Gasteiger partial charge is 0.319 e. The number of piperazine rings is 1. The predicted molar refractivity (Wildman–Crippen MR) is 156 cm³/mol. The van der Waals surface area contributed by atoms with Crippen molar-refractivity contribution in [3.63, 3.8) is 0 Å². The first-order valence-corrected chi connectivity index (χ1v) is 14.5. The highest BCUT2D eigenvalue weighted by molar-refractivity contribution is 6.34. The molecule has 0 saturated carbocycles. The van der Waals surface area contributed by atoms with Crippen LogP contribution in [0.4, 0.5) is 19.0 Å². The number of amides is 1. The van der Waals surface area contributed by atoms with Crippen molar-refractivity contribution in [1.29, 1.82) is 0 Å². The van der Waals surface area contributed by atoms with E-state index >= 15 is 4.39 Å². The van der Waals surface area contributed by atoms with Crippen LogP contribution in [-0.2, 0) is 4.79 Å². The normalized spacial score (nSPS) is 23.1. The molecular weight excluding hydrogens is 571 g/mol. The van der Waals surface area contributed by atoms with Crippen LogP contribution in [-0.4, -0.2) is 87.9 Å². The van der Waals surface area contributed by atoms with Gasteiger partial charge in [-0.15, -0.1) is 0 Å². The summed E-state index contributed by atoms with van der Waals surface area (Å²) in [5.41, 5.74) is -2.02. The number of aromatic nitrogens is 2. The number of benzene rings is 2. The van der Waals surface area contributed by atoms with Gasteiger partial charge in [0.1, 0.15) is 28.6 Å². The van der Waals surface area contributed by atoms with Gasteiger partial charge in [0.25, 0.3) is 0 Å². The Morgan fingerprint density at radius 3 is 2.62 bits per heavy atom. The molecule has 2 aliphatic rings. The Balaban J connectivity index is 1.53. The SMILES string of the molecule is CC(=O)N1C[C@H](C)N(c2nc(OCCCN3CCC(C)(F)C3)nc3c(F)c(-c4c(O)cccc4F)c(Cl)cc23)C[C@H]1C. The minimum absolute atomic E-state index is 0.0416. The van der Waals surface area contributed by atoms with Gasteiger partial charge in [-0.05, 0) is 51.8 Å². The molecule has 0 radical (unpaired) electrons. The zero-order chi connectivity index (χ0) is 30.3. The number of rotatable bonds is 7. The van der Waals surface area contributed by atoms with Crippen LogP contribution in [0.15, 0.2) is 24.3 Å². The second-order valence-corrected chi connectivity index (χ2v) is 12.0. The molecule has 42 heavy (non-hydrogen) atoms. The monoisotopic (exact) mass is 605 g/mol. The van der Waals surface area contributed by atoms with Crippen LogP contribution in [0.5, 0.6) is 11.8 Å². The molecule has 5 rings (SSSR count). The van der Waals surface area contributed by atoms with Gasteiger partial charge in [0.05, 0.1) is 17.2 Å². The van der Waals surface area contributed by atoms with Gasteiger partial charge < -0.3 is 19.6 Å². The summed E-state index contributed by atoms with van der Waals surface area (Å²) in [6, 6.07) is 4.74. The minimum atomic E-state index is -1.19. The summed E-state index contributed by atoms with van der Waals surface area (Å²) < 4.78 is 51.2. The number of alkyl halides is 1. The van der Waals surface area contributed by atoms with Crippen molar-refractivity contribution in [2.75, 3.05) is 44.2 Å². The summed E-state index contributed by atoms with van der Waals surface area (Å²) in [5.74, 6) is -1.89. The van der Waals surface area contributed by atoms with Crippen LogP contribution in [0.25, 0.3) is 22.0 Å². The molecule has 3 heterocycles. The highest BCUT2D eigenvalue weighted by atomic mass is 35.5. The molecule has 0 bridgehead atoms. The van der Waals surface area contributed by atoms with E-state index in [-0.39, 0.29) is 52.3 Å². The standard InChI is InChI=1S/C30H35ClF3N5O3/c1-17-15-39(18(2)14-38(17)19(3)40)28-20-13-21(31)24(25-22(32)7-5-8-23(25)41)26(33)27(20)35-29(36-28)42-12-6-10-37-11-9-30(4,34)16-37/h5,7-8,13,17-18,41H,6,9-12,14-16H2,1-4H3/t17-,18+,30?/m1/s1. The van der Waals surface area contributed by atoms with Gasteiger partial charge in [0.2, 0.25) is 5.91 Å². The molecule has 2 fully saturated rings. The third kappa shape index (κ3) is 5.94. The molecule has 0 aliphatic carbocycles. The van der Waals surface area contributed by atoms with E-state index in [1.165, 1.54) is 25.1 Å². The Morgan fingerprint density at radius 1 is 1.19 bits per heavy atom. The van der Waals surface area contributed by atoms with Crippen LogP contribution in [0.2, 0.25) is 5.02 Å². The van der Waals surface area contributed by atoms with E-state index in [4.69, 9.17) is 16.3 Å². The lowest BCUT2D eigenvalue weighted by Crippen LogP contribution is -2.58. The van der Waals surface area contributed by atoms with Crippen LogP contribution in [0.1, 0.15) is 40.5 Å². The van der Waals surface area contributed by atoms with E-state index in [0.29, 0.717) is 56.8 Å². The first kappa shape index (κ1) is 30.2. The number of halogens is 4.